The van der Waals surface area contributed by atoms with Crippen LogP contribution >= 0.6 is 11.6 Å². The van der Waals surface area contributed by atoms with Crippen LogP contribution in [0.5, 0.6) is 5.75 Å². The molecule has 3 aromatic rings. The molecule has 0 radical (unpaired) electrons. The van der Waals surface area contributed by atoms with Gasteiger partial charge in [0.15, 0.2) is 0 Å². The first-order valence-electron chi connectivity index (χ1n) is 12.6. The van der Waals surface area contributed by atoms with Crippen LogP contribution in [0.25, 0.3) is 16.6 Å². The van der Waals surface area contributed by atoms with E-state index in [-0.39, 0.29) is 23.4 Å². The first kappa shape index (κ1) is 25.2. The van der Waals surface area contributed by atoms with E-state index in [0.717, 1.165) is 44.9 Å². The van der Waals surface area contributed by atoms with Crippen molar-refractivity contribution in [2.24, 2.45) is 5.92 Å². The molecular weight excluding hydrogens is 462 g/mol. The Labute approximate surface area is 211 Å². The Morgan fingerprint density at radius 3 is 2.54 bits per heavy atom. The highest BCUT2D eigenvalue weighted by atomic mass is 35.5. The number of hydrogen-bond acceptors (Lipinski definition) is 4. The molecule has 1 heterocycles. The number of hydrogen-bond donors (Lipinski definition) is 0. The van der Waals surface area contributed by atoms with Crippen molar-refractivity contribution in [3.63, 3.8) is 0 Å². The maximum absolute atomic E-state index is 13.8. The molecule has 0 aliphatic heterocycles. The molecule has 1 aromatic heterocycles. The molecule has 1 fully saturated rings. The number of fused-ring (bicyclic) bond motifs is 1. The van der Waals surface area contributed by atoms with Gasteiger partial charge in [-0.1, -0.05) is 44.2 Å². The van der Waals surface area contributed by atoms with Gasteiger partial charge in [0.05, 0.1) is 29.7 Å². The summed E-state index contributed by atoms with van der Waals surface area (Å²) in [7, 11) is 1.61. The van der Waals surface area contributed by atoms with Gasteiger partial charge in [-0.25, -0.2) is 4.98 Å². The fourth-order valence-corrected chi connectivity index (χ4v) is 4.84. The predicted octanol–water partition coefficient (Wildman–Crippen LogP) is 6.32. The number of unbranched alkanes of at least 4 members (excludes halogenated alkanes) is 3. The minimum Gasteiger partial charge on any atom is -0.497 e. The molecule has 1 aliphatic rings. The second-order valence-corrected chi connectivity index (χ2v) is 9.80. The summed E-state index contributed by atoms with van der Waals surface area (Å²) in [4.78, 5) is 34.1. The topological polar surface area (TPSA) is 64.4 Å². The van der Waals surface area contributed by atoms with Crippen molar-refractivity contribution in [2.45, 2.75) is 64.8 Å². The second kappa shape index (κ2) is 11.3. The molecular formula is C28H34ClN3O3. The van der Waals surface area contributed by atoms with Crippen LogP contribution in [-0.4, -0.2) is 34.0 Å². The minimum atomic E-state index is -0.372. The van der Waals surface area contributed by atoms with Gasteiger partial charge in [0.25, 0.3) is 5.56 Å². The molecule has 186 valence electrons. The number of carbonyl (C=O) groups is 1. The van der Waals surface area contributed by atoms with E-state index < -0.39 is 0 Å². The third-order valence-corrected chi connectivity index (χ3v) is 7.25. The molecule has 35 heavy (non-hydrogen) atoms. The molecule has 1 atom stereocenters. The Kier molecular flexibility index (Phi) is 8.11. The largest absolute Gasteiger partial charge is 0.497 e. The Morgan fingerprint density at radius 1 is 1.17 bits per heavy atom. The molecule has 1 saturated carbocycles. The fourth-order valence-electron chi connectivity index (χ4n) is 4.67. The summed E-state index contributed by atoms with van der Waals surface area (Å²) in [6, 6.07) is 12.1. The van der Waals surface area contributed by atoms with Gasteiger partial charge in [-0.05, 0) is 68.7 Å². The number of nitrogens with zero attached hydrogens (tertiary/aromatic N) is 3. The molecule has 7 heteroatoms. The van der Waals surface area contributed by atoms with Crippen LogP contribution in [0, 0.1) is 5.92 Å². The zero-order chi connectivity index (χ0) is 24.9. The van der Waals surface area contributed by atoms with Crippen molar-refractivity contribution < 1.29 is 9.53 Å². The van der Waals surface area contributed by atoms with Gasteiger partial charge in [0, 0.05) is 17.5 Å². The van der Waals surface area contributed by atoms with Crippen molar-refractivity contribution in [1.29, 1.82) is 0 Å². The second-order valence-electron chi connectivity index (χ2n) is 9.37. The van der Waals surface area contributed by atoms with Gasteiger partial charge >= 0.3 is 0 Å². The van der Waals surface area contributed by atoms with Crippen LogP contribution in [0.2, 0.25) is 5.02 Å². The Bertz CT molecular complexity index is 1230. The van der Waals surface area contributed by atoms with Gasteiger partial charge in [0.2, 0.25) is 5.91 Å². The number of amides is 1. The lowest BCUT2D eigenvalue weighted by atomic mass is 9.84. The number of rotatable bonds is 10. The van der Waals surface area contributed by atoms with Crippen molar-refractivity contribution in [3.8, 4) is 11.4 Å². The minimum absolute atomic E-state index is 0.0692. The summed E-state index contributed by atoms with van der Waals surface area (Å²) in [5.41, 5.74) is 1.04. The van der Waals surface area contributed by atoms with Crippen molar-refractivity contribution in [1.82, 2.24) is 14.5 Å². The smallest absolute Gasteiger partial charge is 0.266 e. The Hall–Kier alpha value is -2.86. The van der Waals surface area contributed by atoms with Crippen LogP contribution < -0.4 is 10.3 Å². The third kappa shape index (κ3) is 5.37. The van der Waals surface area contributed by atoms with Gasteiger partial charge in [-0.15, -0.1) is 0 Å². The Morgan fingerprint density at radius 2 is 1.91 bits per heavy atom. The number of carbonyl (C=O) groups excluding carboxylic acids is 1. The van der Waals surface area contributed by atoms with E-state index in [1.165, 1.54) is 0 Å². The number of benzene rings is 2. The maximum Gasteiger partial charge on any atom is 0.266 e. The zero-order valence-corrected chi connectivity index (χ0v) is 21.6. The van der Waals surface area contributed by atoms with Gasteiger partial charge in [-0.3, -0.25) is 14.2 Å². The molecule has 0 saturated heterocycles. The normalized spacial score (nSPS) is 14.5. The molecule has 6 nitrogen and oxygen atoms in total. The number of ether oxygens (including phenoxy) is 1. The average Bonchev–Trinajstić information content (AvgIpc) is 2.82. The first-order valence-corrected chi connectivity index (χ1v) is 13.0. The first-order chi connectivity index (χ1) is 16.9. The lowest BCUT2D eigenvalue weighted by molar-refractivity contribution is -0.140. The van der Waals surface area contributed by atoms with Crippen LogP contribution in [0.4, 0.5) is 0 Å². The summed E-state index contributed by atoms with van der Waals surface area (Å²) >= 11 is 6.25. The van der Waals surface area contributed by atoms with E-state index in [0.29, 0.717) is 39.7 Å². The van der Waals surface area contributed by atoms with E-state index in [1.54, 1.807) is 29.9 Å². The SMILES string of the molecule is CCCCCCN(C(=O)C1CCC1)C(C)c1nc2cc(Cl)ccc2c(=O)n1-c1ccc(OC)cc1. The lowest BCUT2D eigenvalue weighted by Crippen LogP contribution is -2.42. The molecule has 1 unspecified atom stereocenters. The summed E-state index contributed by atoms with van der Waals surface area (Å²) < 4.78 is 6.94. The van der Waals surface area contributed by atoms with E-state index in [1.807, 2.05) is 36.1 Å². The van der Waals surface area contributed by atoms with Crippen molar-refractivity contribution >= 4 is 28.4 Å². The van der Waals surface area contributed by atoms with Crippen molar-refractivity contribution in [3.05, 3.63) is 63.7 Å². The number of aromatic nitrogens is 2. The third-order valence-electron chi connectivity index (χ3n) is 7.02. The molecule has 4 rings (SSSR count). The molecule has 2 aromatic carbocycles. The summed E-state index contributed by atoms with van der Waals surface area (Å²) in [6.45, 7) is 4.81. The fraction of sp³-hybridized carbons (Fsp3) is 0.464. The summed E-state index contributed by atoms with van der Waals surface area (Å²) in [6.07, 6.45) is 7.25. The van der Waals surface area contributed by atoms with Crippen LogP contribution in [0.1, 0.15) is 70.7 Å². The van der Waals surface area contributed by atoms with E-state index >= 15 is 0 Å². The highest BCUT2D eigenvalue weighted by molar-refractivity contribution is 6.31. The average molecular weight is 496 g/mol. The Balaban J connectivity index is 1.83. The predicted molar refractivity (Wildman–Crippen MR) is 141 cm³/mol. The number of halogens is 1. The monoisotopic (exact) mass is 495 g/mol. The van der Waals surface area contributed by atoms with E-state index in [9.17, 15) is 9.59 Å². The van der Waals surface area contributed by atoms with Gasteiger partial charge < -0.3 is 9.64 Å². The quantitative estimate of drug-likeness (QED) is 0.309. The molecule has 1 aliphatic carbocycles. The number of methoxy groups -OCH3 is 1. The molecule has 0 spiro atoms. The highest BCUT2D eigenvalue weighted by Crippen LogP contribution is 2.32. The van der Waals surface area contributed by atoms with Gasteiger partial charge in [-0.2, -0.15) is 0 Å². The van der Waals surface area contributed by atoms with Crippen LogP contribution in [0.15, 0.2) is 47.3 Å². The molecule has 1 amide bonds. The standard InChI is InChI=1S/C28H34ClN3O3/c1-4-5-6-7-17-31(27(33)20-9-8-10-20)19(2)26-30-25-18-21(29)11-16-24(25)28(34)32(26)22-12-14-23(35-3)15-13-22/h11-16,18-20H,4-10,17H2,1-3H3. The molecule has 0 bridgehead atoms. The summed E-state index contributed by atoms with van der Waals surface area (Å²) in [5, 5.41) is 1.01. The van der Waals surface area contributed by atoms with Crippen molar-refractivity contribution in [2.75, 3.05) is 13.7 Å². The summed E-state index contributed by atoms with van der Waals surface area (Å²) in [5.74, 6) is 1.48. The van der Waals surface area contributed by atoms with E-state index in [4.69, 9.17) is 21.3 Å². The highest BCUT2D eigenvalue weighted by Gasteiger charge is 2.33. The van der Waals surface area contributed by atoms with Gasteiger partial charge in [0.1, 0.15) is 11.6 Å². The maximum atomic E-state index is 13.8. The lowest BCUT2D eigenvalue weighted by Gasteiger charge is -2.36. The zero-order valence-electron chi connectivity index (χ0n) is 20.8. The van der Waals surface area contributed by atoms with Crippen LogP contribution in [-0.2, 0) is 4.79 Å². The molecule has 0 N–H and O–H groups in total. The van der Waals surface area contributed by atoms with E-state index in [2.05, 4.69) is 6.92 Å². The van der Waals surface area contributed by atoms with Crippen LogP contribution in [0.3, 0.4) is 0 Å².